The molecule has 298 valence electrons. The molecule has 2 aromatic rings. The van der Waals surface area contributed by atoms with Gasteiger partial charge in [0.2, 0.25) is 6.29 Å². The third kappa shape index (κ3) is 6.78. The molecule has 3 saturated heterocycles. The van der Waals surface area contributed by atoms with Crippen molar-refractivity contribution in [2.75, 3.05) is 38.1 Å². The number of carboxylic acids is 1. The molecule has 54 heavy (non-hydrogen) atoms. The van der Waals surface area contributed by atoms with E-state index in [-0.39, 0.29) is 74.8 Å². The van der Waals surface area contributed by atoms with Gasteiger partial charge in [-0.15, -0.1) is 0 Å². The van der Waals surface area contributed by atoms with Gasteiger partial charge in [0.25, 0.3) is 0 Å². The second-order valence-corrected chi connectivity index (χ2v) is 18.7. The molecular weight excluding hydrogens is 741 g/mol. The van der Waals surface area contributed by atoms with Crippen molar-refractivity contribution < 1.29 is 64.3 Å². The Morgan fingerprint density at radius 3 is 2.44 bits per heavy atom. The maximum atomic E-state index is 12.5. The number of aliphatic hydroxyl groups is 4. The van der Waals surface area contributed by atoms with Crippen molar-refractivity contribution in [1.29, 1.82) is 0 Å². The van der Waals surface area contributed by atoms with Crippen molar-refractivity contribution in [3.05, 3.63) is 28.8 Å². The van der Waals surface area contributed by atoms with Gasteiger partial charge in [-0.3, -0.25) is 4.79 Å². The molecule has 9 atom stereocenters. The van der Waals surface area contributed by atoms with Gasteiger partial charge in [-0.1, -0.05) is 34.4 Å². The predicted octanol–water partition coefficient (Wildman–Crippen LogP) is 4.77. The van der Waals surface area contributed by atoms with Crippen LogP contribution in [0.1, 0.15) is 91.0 Å². The lowest BCUT2D eigenvalue weighted by molar-refractivity contribution is -0.323. The van der Waals surface area contributed by atoms with Crippen LogP contribution in [0, 0.1) is 35.5 Å². The van der Waals surface area contributed by atoms with Crippen LogP contribution in [0.4, 0.5) is 0 Å². The first-order chi connectivity index (χ1) is 25.8. The average Bonchev–Trinajstić information content (AvgIpc) is 3.57. The lowest BCUT2D eigenvalue weighted by Crippen LogP contribution is -2.69. The van der Waals surface area contributed by atoms with E-state index in [4.69, 9.17) is 18.9 Å². The number of Topliss-reactive ketones (excluding diaryl/α,β-unsaturated/α-hetero) is 1. The lowest BCUT2D eigenvalue weighted by atomic mass is 9.51. The highest BCUT2D eigenvalue weighted by atomic mass is 33.1. The van der Waals surface area contributed by atoms with E-state index < -0.39 is 60.1 Å². The molecule has 0 radical (unpaired) electrons. The topological polar surface area (TPSA) is 213 Å². The smallest absolute Gasteiger partial charge is 0.335 e. The molecule has 2 aromatic carbocycles. The molecule has 2 saturated carbocycles. The van der Waals surface area contributed by atoms with Crippen molar-refractivity contribution in [2.24, 2.45) is 28.6 Å². The van der Waals surface area contributed by atoms with Crippen LogP contribution < -0.4 is 4.74 Å². The van der Waals surface area contributed by atoms with Crippen molar-refractivity contribution in [1.82, 2.24) is 0 Å². The summed E-state index contributed by atoms with van der Waals surface area (Å²) in [5, 5.41) is 77.0. The van der Waals surface area contributed by atoms with E-state index in [0.29, 0.717) is 32.0 Å². The van der Waals surface area contributed by atoms with E-state index in [2.05, 4.69) is 0 Å². The Morgan fingerprint density at radius 1 is 1.02 bits per heavy atom. The van der Waals surface area contributed by atoms with E-state index in [9.17, 15) is 45.3 Å². The molecule has 0 bridgehead atoms. The molecule has 3 heterocycles. The fourth-order valence-corrected chi connectivity index (χ4v) is 13.4. The van der Waals surface area contributed by atoms with Crippen LogP contribution in [-0.2, 0) is 14.2 Å². The summed E-state index contributed by atoms with van der Waals surface area (Å²) in [7, 11) is 3.08. The number of fused-ring (bicyclic) bond motifs is 1. The van der Waals surface area contributed by atoms with Gasteiger partial charge < -0.3 is 54.7 Å². The molecule has 5 aliphatic rings. The second-order valence-electron chi connectivity index (χ2n) is 16.3. The van der Waals surface area contributed by atoms with Crippen molar-refractivity contribution in [3.8, 4) is 17.2 Å². The van der Waals surface area contributed by atoms with Crippen LogP contribution in [0.2, 0.25) is 0 Å². The number of carboxylic acid groups (broad SMARTS) is 1. The third-order valence-corrected chi connectivity index (χ3v) is 15.6. The van der Waals surface area contributed by atoms with Crippen LogP contribution in [0.3, 0.4) is 0 Å². The summed E-state index contributed by atoms with van der Waals surface area (Å²) in [5.74, 6) is -1.58. The average molecular weight is 793 g/mol. The van der Waals surface area contributed by atoms with Crippen LogP contribution in [-0.4, -0.2) is 116 Å². The number of carbonyl (C=O) groups is 2. The van der Waals surface area contributed by atoms with E-state index in [1.807, 2.05) is 0 Å². The SMILES string of the molecule is CC(=O)c1c(C)c(O)c2cc(C(=O)O)cc(OC3OC(CO)C4(CCC5CC6(CCCC6)CC6COCC(CCO)(CSSCO4)C56)C(O)C3O)c2c1O. The van der Waals surface area contributed by atoms with Crippen LogP contribution in [0.5, 0.6) is 17.2 Å². The highest BCUT2D eigenvalue weighted by Crippen LogP contribution is 2.62. The van der Waals surface area contributed by atoms with Gasteiger partial charge in [-0.25, -0.2) is 4.79 Å². The maximum absolute atomic E-state index is 12.5. The molecule has 3 aliphatic heterocycles. The Kier molecular flexibility index (Phi) is 11.5. The minimum atomic E-state index is -1.77. The Hall–Kier alpha value is -2.34. The number of aliphatic hydroxyl groups excluding tert-OH is 4. The molecule has 5 fully saturated rings. The summed E-state index contributed by atoms with van der Waals surface area (Å²) in [4.78, 5) is 24.7. The first kappa shape index (κ1) is 39.9. The molecule has 0 aromatic heterocycles. The molecule has 15 heteroatoms. The zero-order valence-electron chi connectivity index (χ0n) is 30.7. The maximum Gasteiger partial charge on any atom is 0.335 e. The van der Waals surface area contributed by atoms with Crippen LogP contribution in [0.25, 0.3) is 10.8 Å². The molecule has 7 N–H and O–H groups in total. The van der Waals surface area contributed by atoms with E-state index in [0.717, 1.165) is 43.6 Å². The molecule has 9 unspecified atom stereocenters. The highest BCUT2D eigenvalue weighted by molar-refractivity contribution is 8.76. The van der Waals surface area contributed by atoms with E-state index in [1.54, 1.807) is 10.8 Å². The summed E-state index contributed by atoms with van der Waals surface area (Å²) in [6.45, 7) is 3.32. The molecule has 2 aliphatic carbocycles. The fourth-order valence-electron chi connectivity index (χ4n) is 11.0. The number of carbonyl (C=O) groups excluding carboxylic acids is 1. The summed E-state index contributed by atoms with van der Waals surface area (Å²) < 4.78 is 25.2. The highest BCUT2D eigenvalue weighted by Gasteiger charge is 2.60. The van der Waals surface area contributed by atoms with Gasteiger partial charge in [-0.2, -0.15) is 0 Å². The predicted molar refractivity (Wildman–Crippen MR) is 201 cm³/mol. The fraction of sp³-hybridized carbons (Fsp3) is 0.692. The number of aromatic hydroxyl groups is 2. The molecule has 13 nitrogen and oxygen atoms in total. The van der Waals surface area contributed by atoms with E-state index >= 15 is 0 Å². The van der Waals surface area contributed by atoms with Gasteiger partial charge in [0.1, 0.15) is 47.1 Å². The van der Waals surface area contributed by atoms with Gasteiger partial charge >= 0.3 is 5.97 Å². The van der Waals surface area contributed by atoms with Gasteiger partial charge in [-0.05, 0) is 94.1 Å². The van der Waals surface area contributed by atoms with Gasteiger partial charge in [0, 0.05) is 35.3 Å². The van der Waals surface area contributed by atoms with Gasteiger partial charge in [0.05, 0.1) is 29.7 Å². The number of phenolic OH excluding ortho intramolecular Hbond substituents is 2. The number of ketones is 1. The van der Waals surface area contributed by atoms with Crippen LogP contribution in [0.15, 0.2) is 12.1 Å². The number of rotatable bonds is 7. The van der Waals surface area contributed by atoms with Gasteiger partial charge in [0.15, 0.2) is 5.78 Å². The monoisotopic (exact) mass is 792 g/mol. The van der Waals surface area contributed by atoms with Crippen molar-refractivity contribution in [2.45, 2.75) is 102 Å². The minimum absolute atomic E-state index is 0.0464. The number of phenols is 2. The van der Waals surface area contributed by atoms with Crippen molar-refractivity contribution in [3.63, 3.8) is 0 Å². The number of ether oxygens (including phenoxy) is 4. The quantitative estimate of drug-likeness (QED) is 0.114. The van der Waals surface area contributed by atoms with Crippen molar-refractivity contribution >= 4 is 44.1 Å². The Morgan fingerprint density at radius 2 is 1.76 bits per heavy atom. The van der Waals surface area contributed by atoms with E-state index in [1.165, 1.54) is 37.5 Å². The second kappa shape index (κ2) is 15.5. The normalized spacial score (nSPS) is 35.4. The standard InChI is InChI=1S/C39H52O13S2/c1-20-28(21(2)42)32(44)29-25(31(20)43)11-23(35(47)48)12-26(29)51-36-33(45)34(46)39(27(15-41)52-36)8-5-22-13-37(6-3-4-7-37)14-24-16-49-17-38(9-10-40,30(22)24)18-53-54-19-50-39/h11-12,22,24,27,30,33-34,36,40-41,43-46H,3-10,13-19H2,1-2H3,(H,47,48). The summed E-state index contributed by atoms with van der Waals surface area (Å²) in [6.07, 6.45) is 2.01. The largest absolute Gasteiger partial charge is 0.507 e. The third-order valence-electron chi connectivity index (χ3n) is 13.3. The minimum Gasteiger partial charge on any atom is -0.507 e. The molecule has 0 amide bonds. The molecular formula is C39H52O13S2. The number of hydrogen-bond acceptors (Lipinski definition) is 14. The molecule has 7 rings (SSSR count). The number of benzene rings is 2. The van der Waals surface area contributed by atoms with Crippen LogP contribution >= 0.6 is 21.6 Å². The molecule has 2 spiro atoms. The summed E-state index contributed by atoms with van der Waals surface area (Å²) >= 11 is 0. The summed E-state index contributed by atoms with van der Waals surface area (Å²) in [6, 6.07) is 2.21. The Balaban J connectivity index is 1.24. The lowest BCUT2D eigenvalue weighted by Gasteiger charge is -2.58. The summed E-state index contributed by atoms with van der Waals surface area (Å²) in [5.41, 5.74) is -2.05. The zero-order valence-corrected chi connectivity index (χ0v) is 32.3. The number of aromatic carboxylic acids is 1. The first-order valence-corrected chi connectivity index (χ1v) is 21.4. The first-order valence-electron chi connectivity index (χ1n) is 18.9. The Bertz CT molecular complexity index is 1740. The number of hydrogen-bond donors (Lipinski definition) is 7. The Labute approximate surface area is 322 Å². The zero-order chi connectivity index (χ0) is 38.6.